The summed E-state index contributed by atoms with van der Waals surface area (Å²) in [6, 6.07) is 0. The second-order valence-corrected chi connectivity index (χ2v) is 3.36. The minimum Gasteiger partial charge on any atom is -0.395 e. The topological polar surface area (TPSA) is 20.2 Å². The van der Waals surface area contributed by atoms with Crippen LogP contribution in [0, 0.1) is 0 Å². The normalized spacial score (nSPS) is 15.7. The largest absolute Gasteiger partial charge is 0.395 e. The SMILES string of the molecule is OCC(I)CC(F)(F)F. The van der Waals surface area contributed by atoms with E-state index >= 15 is 0 Å². The molecule has 0 aromatic carbocycles. The van der Waals surface area contributed by atoms with Gasteiger partial charge >= 0.3 is 6.18 Å². The second-order valence-electron chi connectivity index (χ2n) is 1.60. The molecule has 1 nitrogen and oxygen atoms in total. The second kappa shape index (κ2) is 3.60. The third kappa shape index (κ3) is 6.36. The van der Waals surface area contributed by atoms with Crippen LogP contribution in [-0.2, 0) is 0 Å². The molecule has 0 aliphatic carbocycles. The number of alkyl halides is 4. The van der Waals surface area contributed by atoms with Crippen LogP contribution < -0.4 is 0 Å². The van der Waals surface area contributed by atoms with Gasteiger partial charge in [0, 0.05) is 3.92 Å². The summed E-state index contributed by atoms with van der Waals surface area (Å²) in [7, 11) is 0. The van der Waals surface area contributed by atoms with Gasteiger partial charge in [-0.2, -0.15) is 13.2 Å². The van der Waals surface area contributed by atoms with Crippen molar-refractivity contribution < 1.29 is 18.3 Å². The van der Waals surface area contributed by atoms with E-state index in [0.717, 1.165) is 0 Å². The van der Waals surface area contributed by atoms with Crippen LogP contribution in [0.3, 0.4) is 0 Å². The molecule has 0 saturated carbocycles. The average molecular weight is 254 g/mol. The van der Waals surface area contributed by atoms with Gasteiger partial charge in [0.1, 0.15) is 0 Å². The predicted molar refractivity (Wildman–Crippen MR) is 35.6 cm³/mol. The molecule has 0 spiro atoms. The van der Waals surface area contributed by atoms with E-state index in [-0.39, 0.29) is 0 Å². The van der Waals surface area contributed by atoms with E-state index in [4.69, 9.17) is 5.11 Å². The van der Waals surface area contributed by atoms with Gasteiger partial charge in [0.05, 0.1) is 13.0 Å². The molecule has 0 rings (SSSR count). The summed E-state index contributed by atoms with van der Waals surface area (Å²) in [6.45, 7) is -0.417. The molecule has 0 heterocycles. The number of hydrogen-bond acceptors (Lipinski definition) is 1. The molecule has 0 saturated heterocycles. The Hall–Kier alpha value is 0.480. The van der Waals surface area contributed by atoms with Gasteiger partial charge in [0.15, 0.2) is 0 Å². The van der Waals surface area contributed by atoms with Crippen molar-refractivity contribution in [3.63, 3.8) is 0 Å². The Bertz CT molecular complexity index is 82.4. The lowest BCUT2D eigenvalue weighted by Gasteiger charge is -2.08. The van der Waals surface area contributed by atoms with Crippen LogP contribution in [0.5, 0.6) is 0 Å². The smallest absolute Gasteiger partial charge is 0.390 e. The van der Waals surface area contributed by atoms with E-state index in [9.17, 15) is 13.2 Å². The highest BCUT2D eigenvalue weighted by Crippen LogP contribution is 2.24. The lowest BCUT2D eigenvalue weighted by molar-refractivity contribution is -0.134. The molecular weight excluding hydrogens is 248 g/mol. The molecule has 0 aliphatic rings. The van der Waals surface area contributed by atoms with Crippen LogP contribution in [0.15, 0.2) is 0 Å². The highest BCUT2D eigenvalue weighted by molar-refractivity contribution is 14.1. The fourth-order valence-corrected chi connectivity index (χ4v) is 0.815. The molecule has 1 N–H and O–H groups in total. The monoisotopic (exact) mass is 254 g/mol. The van der Waals surface area contributed by atoms with Crippen LogP contribution in [0.2, 0.25) is 0 Å². The van der Waals surface area contributed by atoms with Gasteiger partial charge in [-0.1, -0.05) is 22.6 Å². The maximum absolute atomic E-state index is 11.4. The molecule has 0 aromatic heterocycles. The number of aliphatic hydroxyl groups excluding tert-OH is 1. The minimum atomic E-state index is -4.14. The highest BCUT2D eigenvalue weighted by atomic mass is 127. The Kier molecular flexibility index (Phi) is 3.79. The van der Waals surface area contributed by atoms with Gasteiger partial charge in [0.2, 0.25) is 0 Å². The molecule has 1 unspecified atom stereocenters. The molecule has 0 amide bonds. The van der Waals surface area contributed by atoms with Gasteiger partial charge in [0.25, 0.3) is 0 Å². The van der Waals surface area contributed by atoms with Gasteiger partial charge < -0.3 is 5.11 Å². The van der Waals surface area contributed by atoms with Crippen LogP contribution in [-0.4, -0.2) is 21.8 Å². The molecule has 0 radical (unpaired) electrons. The van der Waals surface area contributed by atoms with Crippen LogP contribution in [0.1, 0.15) is 6.42 Å². The van der Waals surface area contributed by atoms with Crippen molar-refractivity contribution in [1.29, 1.82) is 0 Å². The lowest BCUT2D eigenvalue weighted by Crippen LogP contribution is -2.17. The van der Waals surface area contributed by atoms with Gasteiger partial charge in [-0.05, 0) is 0 Å². The summed E-state index contributed by atoms with van der Waals surface area (Å²) in [5.41, 5.74) is 0. The molecule has 9 heavy (non-hydrogen) atoms. The van der Waals surface area contributed by atoms with E-state index in [1.807, 2.05) is 0 Å². The molecule has 1 atom stereocenters. The number of aliphatic hydroxyl groups is 1. The minimum absolute atomic E-state index is 0.417. The standard InChI is InChI=1S/C4H6F3IO/c5-4(6,7)1-3(8)2-9/h3,9H,1-2H2. The molecule has 0 bridgehead atoms. The first-order valence-electron chi connectivity index (χ1n) is 2.27. The quantitative estimate of drug-likeness (QED) is 0.587. The first-order valence-corrected chi connectivity index (χ1v) is 3.52. The highest BCUT2D eigenvalue weighted by Gasteiger charge is 2.30. The zero-order chi connectivity index (χ0) is 7.49. The number of rotatable bonds is 2. The van der Waals surface area contributed by atoms with E-state index in [0.29, 0.717) is 0 Å². The van der Waals surface area contributed by atoms with E-state index < -0.39 is 23.1 Å². The molecule has 0 fully saturated rings. The Balaban J connectivity index is 3.47. The first-order chi connectivity index (χ1) is 3.95. The zero-order valence-corrected chi connectivity index (χ0v) is 6.61. The van der Waals surface area contributed by atoms with Crippen molar-refractivity contribution in [3.8, 4) is 0 Å². The van der Waals surface area contributed by atoms with Crippen LogP contribution in [0.4, 0.5) is 13.2 Å². The van der Waals surface area contributed by atoms with Gasteiger partial charge in [-0.15, -0.1) is 0 Å². The van der Waals surface area contributed by atoms with Gasteiger partial charge in [-0.25, -0.2) is 0 Å². The van der Waals surface area contributed by atoms with Crippen molar-refractivity contribution in [2.45, 2.75) is 16.5 Å². The Morgan fingerprint density at radius 2 is 1.89 bits per heavy atom. The van der Waals surface area contributed by atoms with Crippen molar-refractivity contribution in [3.05, 3.63) is 0 Å². The Morgan fingerprint density at radius 3 is 2.00 bits per heavy atom. The van der Waals surface area contributed by atoms with Crippen molar-refractivity contribution in [1.82, 2.24) is 0 Å². The van der Waals surface area contributed by atoms with E-state index in [1.165, 1.54) is 0 Å². The van der Waals surface area contributed by atoms with Crippen LogP contribution >= 0.6 is 22.6 Å². The molecule has 0 aliphatic heterocycles. The van der Waals surface area contributed by atoms with Crippen LogP contribution in [0.25, 0.3) is 0 Å². The summed E-state index contributed by atoms with van der Waals surface area (Å²) in [4.78, 5) is 0. The third-order valence-corrected chi connectivity index (χ3v) is 1.49. The van der Waals surface area contributed by atoms with Crippen molar-refractivity contribution >= 4 is 22.6 Å². The van der Waals surface area contributed by atoms with E-state index in [1.54, 1.807) is 22.6 Å². The summed E-state index contributed by atoms with van der Waals surface area (Å²) in [5, 5.41) is 8.19. The summed E-state index contributed by atoms with van der Waals surface area (Å²) < 4.78 is 33.4. The van der Waals surface area contributed by atoms with Crippen molar-refractivity contribution in [2.75, 3.05) is 6.61 Å². The lowest BCUT2D eigenvalue weighted by atomic mass is 10.3. The predicted octanol–water partition coefficient (Wildman–Crippen LogP) is 1.73. The Labute approximate surface area is 64.4 Å². The fraction of sp³-hybridized carbons (Fsp3) is 1.00. The molecule has 0 aromatic rings. The summed E-state index contributed by atoms with van der Waals surface area (Å²) >= 11 is 1.56. The number of hydrogen-bond donors (Lipinski definition) is 1. The zero-order valence-electron chi connectivity index (χ0n) is 4.45. The molecule has 56 valence electrons. The summed E-state index contributed by atoms with van der Waals surface area (Å²) in [5.74, 6) is 0. The number of halogens is 4. The first kappa shape index (κ1) is 9.48. The van der Waals surface area contributed by atoms with Gasteiger partial charge in [-0.3, -0.25) is 0 Å². The maximum Gasteiger partial charge on any atom is 0.390 e. The van der Waals surface area contributed by atoms with E-state index in [2.05, 4.69) is 0 Å². The maximum atomic E-state index is 11.4. The molecule has 5 heteroatoms. The average Bonchev–Trinajstić information content (AvgIpc) is 1.62. The Morgan fingerprint density at radius 1 is 1.44 bits per heavy atom. The third-order valence-electron chi connectivity index (χ3n) is 0.651. The summed E-state index contributed by atoms with van der Waals surface area (Å²) in [6.07, 6.45) is -5.06. The molecular formula is C4H6F3IO. The van der Waals surface area contributed by atoms with Crippen molar-refractivity contribution in [2.24, 2.45) is 0 Å². The fourth-order valence-electron chi connectivity index (χ4n) is 0.316.